The van der Waals surface area contributed by atoms with E-state index in [-0.39, 0.29) is 25.4 Å². The van der Waals surface area contributed by atoms with Crippen LogP contribution in [0, 0.1) is 0 Å². The molecular weight excluding hydrogens is 261 g/mol. The van der Waals surface area contributed by atoms with E-state index in [0.717, 1.165) is 24.8 Å². The average molecular weight is 277 g/mol. The molecule has 4 nitrogen and oxygen atoms in total. The van der Waals surface area contributed by atoms with E-state index >= 15 is 0 Å². The van der Waals surface area contributed by atoms with Crippen molar-refractivity contribution in [3.8, 4) is 0 Å². The van der Waals surface area contributed by atoms with Crippen molar-refractivity contribution in [1.82, 2.24) is 4.90 Å². The molecule has 5 heteroatoms. The molecule has 1 unspecified atom stereocenters. The number of amides is 1. The molecule has 0 bridgehead atoms. The molecule has 1 aliphatic carbocycles. The van der Waals surface area contributed by atoms with Crippen LogP contribution in [0.25, 0.3) is 0 Å². The SMILES string of the molecule is O=C(c1cccc2c1CCC2)N1CCC(F)(C(=O)O)C1. The van der Waals surface area contributed by atoms with Gasteiger partial charge in [0.15, 0.2) is 0 Å². The number of carbonyl (C=O) groups excluding carboxylic acids is 1. The van der Waals surface area contributed by atoms with Crippen molar-refractivity contribution in [2.24, 2.45) is 0 Å². The molecule has 1 aromatic rings. The highest BCUT2D eigenvalue weighted by molar-refractivity contribution is 5.97. The van der Waals surface area contributed by atoms with Crippen LogP contribution in [0.15, 0.2) is 18.2 Å². The van der Waals surface area contributed by atoms with Crippen molar-refractivity contribution >= 4 is 11.9 Å². The van der Waals surface area contributed by atoms with Gasteiger partial charge in [0.2, 0.25) is 5.67 Å². The summed E-state index contributed by atoms with van der Waals surface area (Å²) >= 11 is 0. The Morgan fingerprint density at radius 1 is 1.30 bits per heavy atom. The zero-order valence-electron chi connectivity index (χ0n) is 11.1. The van der Waals surface area contributed by atoms with E-state index < -0.39 is 11.6 Å². The van der Waals surface area contributed by atoms with Gasteiger partial charge in [-0.1, -0.05) is 12.1 Å². The number of alkyl halides is 1. The smallest absolute Gasteiger partial charge is 0.343 e. The van der Waals surface area contributed by atoms with E-state index in [0.29, 0.717) is 5.56 Å². The number of aliphatic carboxylic acids is 1. The Balaban J connectivity index is 1.85. The maximum absolute atomic E-state index is 14.0. The molecule has 0 saturated carbocycles. The minimum absolute atomic E-state index is 0.136. The van der Waals surface area contributed by atoms with Gasteiger partial charge < -0.3 is 10.0 Å². The van der Waals surface area contributed by atoms with Gasteiger partial charge in [0.1, 0.15) is 0 Å². The molecular formula is C15H16FNO3. The molecule has 0 spiro atoms. The summed E-state index contributed by atoms with van der Waals surface area (Å²) in [6.07, 6.45) is 2.73. The second-order valence-corrected chi connectivity index (χ2v) is 5.54. The molecule has 1 atom stereocenters. The molecule has 0 aromatic heterocycles. The number of fused-ring (bicyclic) bond motifs is 1. The van der Waals surface area contributed by atoms with Crippen molar-refractivity contribution in [2.45, 2.75) is 31.4 Å². The van der Waals surface area contributed by atoms with Crippen LogP contribution in [-0.2, 0) is 17.6 Å². The number of rotatable bonds is 2. The van der Waals surface area contributed by atoms with Gasteiger partial charge in [0, 0.05) is 18.5 Å². The fourth-order valence-electron chi connectivity index (χ4n) is 3.11. The predicted octanol–water partition coefficient (Wildman–Crippen LogP) is 1.81. The molecule has 1 amide bonds. The largest absolute Gasteiger partial charge is 0.479 e. The lowest BCUT2D eigenvalue weighted by atomic mass is 10.0. The summed E-state index contributed by atoms with van der Waals surface area (Å²) in [6.45, 7) is -0.198. The summed E-state index contributed by atoms with van der Waals surface area (Å²) in [7, 11) is 0. The van der Waals surface area contributed by atoms with Crippen LogP contribution < -0.4 is 0 Å². The van der Waals surface area contributed by atoms with Crippen LogP contribution in [0.5, 0.6) is 0 Å². The van der Waals surface area contributed by atoms with Crippen LogP contribution in [0.1, 0.15) is 34.3 Å². The van der Waals surface area contributed by atoms with E-state index in [4.69, 9.17) is 5.11 Å². The molecule has 1 saturated heterocycles. The number of likely N-dealkylation sites (tertiary alicyclic amines) is 1. The third-order valence-corrected chi connectivity index (χ3v) is 4.27. The molecule has 0 radical (unpaired) electrons. The number of benzene rings is 1. The number of carbonyl (C=O) groups is 2. The molecule has 1 fully saturated rings. The molecule has 106 valence electrons. The lowest BCUT2D eigenvalue weighted by Crippen LogP contribution is -2.39. The first-order chi connectivity index (χ1) is 9.51. The van der Waals surface area contributed by atoms with Crippen molar-refractivity contribution in [3.05, 3.63) is 34.9 Å². The number of hydrogen-bond acceptors (Lipinski definition) is 2. The fourth-order valence-corrected chi connectivity index (χ4v) is 3.11. The molecule has 1 aromatic carbocycles. The van der Waals surface area contributed by atoms with Gasteiger partial charge in [-0.25, -0.2) is 9.18 Å². The van der Waals surface area contributed by atoms with Crippen LogP contribution in [0.2, 0.25) is 0 Å². The summed E-state index contributed by atoms with van der Waals surface area (Å²) in [5.41, 5.74) is 0.534. The van der Waals surface area contributed by atoms with Crippen molar-refractivity contribution < 1.29 is 19.1 Å². The van der Waals surface area contributed by atoms with Crippen LogP contribution in [-0.4, -0.2) is 40.6 Å². The zero-order chi connectivity index (χ0) is 14.3. The molecule has 3 rings (SSSR count). The van der Waals surface area contributed by atoms with E-state index in [1.54, 1.807) is 6.07 Å². The van der Waals surface area contributed by atoms with Crippen molar-refractivity contribution in [2.75, 3.05) is 13.1 Å². The molecule has 2 aliphatic rings. The molecule has 1 aliphatic heterocycles. The Morgan fingerprint density at radius 3 is 2.80 bits per heavy atom. The number of halogens is 1. The third-order valence-electron chi connectivity index (χ3n) is 4.27. The summed E-state index contributed by atoms with van der Waals surface area (Å²) in [5, 5.41) is 8.88. The first kappa shape index (κ1) is 13.1. The van der Waals surface area contributed by atoms with Crippen LogP contribution in [0.4, 0.5) is 4.39 Å². The highest BCUT2D eigenvalue weighted by Crippen LogP contribution is 2.30. The summed E-state index contributed by atoms with van der Waals surface area (Å²) < 4.78 is 14.0. The van der Waals surface area contributed by atoms with Crippen molar-refractivity contribution in [1.29, 1.82) is 0 Å². The first-order valence-electron chi connectivity index (χ1n) is 6.84. The number of hydrogen-bond donors (Lipinski definition) is 1. The number of nitrogens with zero attached hydrogens (tertiary/aromatic N) is 1. The standard InChI is InChI=1S/C15H16FNO3/c16-15(14(19)20)7-8-17(9-15)13(18)12-6-2-4-10-3-1-5-11(10)12/h2,4,6H,1,3,5,7-9H2,(H,19,20). The third kappa shape index (κ3) is 1.97. The van der Waals surface area contributed by atoms with E-state index in [1.165, 1.54) is 10.5 Å². The summed E-state index contributed by atoms with van der Waals surface area (Å²) in [6, 6.07) is 5.61. The van der Waals surface area contributed by atoms with Gasteiger partial charge in [-0.2, -0.15) is 0 Å². The maximum atomic E-state index is 14.0. The topological polar surface area (TPSA) is 57.6 Å². The fraction of sp³-hybridized carbons (Fsp3) is 0.467. The van der Waals surface area contributed by atoms with Gasteiger partial charge in [-0.05, 0) is 36.5 Å². The normalized spacial score (nSPS) is 24.8. The van der Waals surface area contributed by atoms with E-state index in [1.807, 2.05) is 12.1 Å². The van der Waals surface area contributed by atoms with Gasteiger partial charge in [-0.15, -0.1) is 0 Å². The average Bonchev–Trinajstić information content (AvgIpc) is 3.04. The number of aryl methyl sites for hydroxylation is 1. The highest BCUT2D eigenvalue weighted by Gasteiger charge is 2.47. The maximum Gasteiger partial charge on any atom is 0.343 e. The lowest BCUT2D eigenvalue weighted by Gasteiger charge is -2.19. The predicted molar refractivity (Wildman–Crippen MR) is 70.5 cm³/mol. The summed E-state index contributed by atoms with van der Waals surface area (Å²) in [5.74, 6) is -1.73. The second-order valence-electron chi connectivity index (χ2n) is 5.54. The molecule has 1 heterocycles. The van der Waals surface area contributed by atoms with Gasteiger partial charge in [0.05, 0.1) is 6.54 Å². The van der Waals surface area contributed by atoms with Crippen LogP contribution in [0.3, 0.4) is 0 Å². The highest BCUT2D eigenvalue weighted by atomic mass is 19.1. The minimum Gasteiger partial charge on any atom is -0.479 e. The lowest BCUT2D eigenvalue weighted by molar-refractivity contribution is -0.149. The van der Waals surface area contributed by atoms with Crippen molar-refractivity contribution in [3.63, 3.8) is 0 Å². The Hall–Kier alpha value is -1.91. The number of carboxylic acids is 1. The van der Waals surface area contributed by atoms with Gasteiger partial charge >= 0.3 is 5.97 Å². The Bertz CT molecular complexity index is 586. The van der Waals surface area contributed by atoms with Crippen LogP contribution >= 0.6 is 0 Å². The Morgan fingerprint density at radius 2 is 2.10 bits per heavy atom. The first-order valence-corrected chi connectivity index (χ1v) is 6.84. The van der Waals surface area contributed by atoms with Gasteiger partial charge in [0.25, 0.3) is 5.91 Å². The summed E-state index contributed by atoms with van der Waals surface area (Å²) in [4.78, 5) is 24.7. The number of carboxylic acid groups (broad SMARTS) is 1. The molecule has 1 N–H and O–H groups in total. The van der Waals surface area contributed by atoms with Gasteiger partial charge in [-0.3, -0.25) is 4.79 Å². The van der Waals surface area contributed by atoms with E-state index in [9.17, 15) is 14.0 Å². The zero-order valence-corrected chi connectivity index (χ0v) is 11.1. The quantitative estimate of drug-likeness (QED) is 0.897. The monoisotopic (exact) mass is 277 g/mol. The Labute approximate surface area is 116 Å². The minimum atomic E-state index is -2.30. The second kappa shape index (κ2) is 4.58. The van der Waals surface area contributed by atoms with E-state index in [2.05, 4.69) is 0 Å². The Kier molecular flexibility index (Phi) is 3.00. The molecule has 20 heavy (non-hydrogen) atoms.